The van der Waals surface area contributed by atoms with Gasteiger partial charge >= 0.3 is 6.61 Å². The van der Waals surface area contributed by atoms with Gasteiger partial charge in [0.2, 0.25) is 0 Å². The molecule has 19 heavy (non-hydrogen) atoms. The molecule has 1 fully saturated rings. The Hall–Kier alpha value is -1.20. The normalized spacial score (nSPS) is 16.2. The summed E-state index contributed by atoms with van der Waals surface area (Å²) in [4.78, 5) is 2.41. The lowest BCUT2D eigenvalue weighted by molar-refractivity contribution is -0.0504. The zero-order valence-electron chi connectivity index (χ0n) is 10.9. The predicted octanol–water partition coefficient (Wildman–Crippen LogP) is 2.47. The Balaban J connectivity index is 1.75. The van der Waals surface area contributed by atoms with Crippen LogP contribution in [0.15, 0.2) is 24.3 Å². The molecule has 0 saturated carbocycles. The molecule has 0 amide bonds. The molecule has 0 unspecified atom stereocenters. The van der Waals surface area contributed by atoms with Gasteiger partial charge in [0.05, 0.1) is 0 Å². The second-order valence-corrected chi connectivity index (χ2v) is 4.71. The number of rotatable bonds is 7. The van der Waals surface area contributed by atoms with Crippen LogP contribution in [0.1, 0.15) is 18.4 Å². The van der Waals surface area contributed by atoms with Gasteiger partial charge in [-0.2, -0.15) is 8.78 Å². The minimum absolute atomic E-state index is 0.256. The van der Waals surface area contributed by atoms with E-state index in [4.69, 9.17) is 0 Å². The highest BCUT2D eigenvalue weighted by Crippen LogP contribution is 2.19. The van der Waals surface area contributed by atoms with E-state index in [9.17, 15) is 8.78 Å². The quantitative estimate of drug-likeness (QED) is 0.770. The third-order valence-electron chi connectivity index (χ3n) is 3.31. The lowest BCUT2D eigenvalue weighted by atomic mass is 10.2. The molecule has 1 aromatic rings. The van der Waals surface area contributed by atoms with Crippen molar-refractivity contribution in [1.82, 2.24) is 10.2 Å². The van der Waals surface area contributed by atoms with Gasteiger partial charge in [0.25, 0.3) is 0 Å². The number of hydrogen-bond donors (Lipinski definition) is 1. The molecule has 1 aromatic carbocycles. The Morgan fingerprint density at radius 2 is 1.95 bits per heavy atom. The van der Waals surface area contributed by atoms with Crippen LogP contribution in [0.2, 0.25) is 0 Å². The second-order valence-electron chi connectivity index (χ2n) is 4.71. The van der Waals surface area contributed by atoms with Gasteiger partial charge in [0.15, 0.2) is 0 Å². The van der Waals surface area contributed by atoms with Crippen molar-refractivity contribution in [2.24, 2.45) is 0 Å². The van der Waals surface area contributed by atoms with Crippen LogP contribution < -0.4 is 10.1 Å². The Kier molecular flexibility index (Phi) is 5.54. The first kappa shape index (κ1) is 14.2. The summed E-state index contributed by atoms with van der Waals surface area (Å²) in [6.45, 7) is 2.00. The molecule has 1 saturated heterocycles. The number of nitrogens with zero attached hydrogens (tertiary/aromatic N) is 1. The summed E-state index contributed by atoms with van der Waals surface area (Å²) in [6, 6.07) is 6.91. The van der Waals surface area contributed by atoms with E-state index in [1.165, 1.54) is 25.9 Å². The van der Waals surface area contributed by atoms with Crippen molar-refractivity contribution in [1.29, 1.82) is 0 Å². The van der Waals surface area contributed by atoms with E-state index in [0.29, 0.717) is 6.54 Å². The molecule has 3 nitrogen and oxygen atoms in total. The van der Waals surface area contributed by atoms with Gasteiger partial charge in [0, 0.05) is 25.2 Å². The van der Waals surface area contributed by atoms with Crippen LogP contribution in [0.3, 0.4) is 0 Å². The highest BCUT2D eigenvalue weighted by molar-refractivity contribution is 5.33. The lowest BCUT2D eigenvalue weighted by Crippen LogP contribution is -2.29. The number of halogens is 2. The zero-order valence-corrected chi connectivity index (χ0v) is 10.9. The second kappa shape index (κ2) is 7.40. The van der Waals surface area contributed by atoms with Crippen LogP contribution in [0, 0.1) is 0 Å². The highest BCUT2D eigenvalue weighted by Gasteiger charge is 2.11. The van der Waals surface area contributed by atoms with Crippen molar-refractivity contribution < 1.29 is 13.5 Å². The van der Waals surface area contributed by atoms with Crippen molar-refractivity contribution in [3.05, 3.63) is 29.8 Å². The van der Waals surface area contributed by atoms with Gasteiger partial charge in [-0.15, -0.1) is 0 Å². The SMILES string of the molecule is FC(F)Oc1ccccc1CNCCN1CCCC1. The lowest BCUT2D eigenvalue weighted by Gasteiger charge is -2.15. The maximum absolute atomic E-state index is 12.2. The number of nitrogens with one attached hydrogen (secondary N) is 1. The summed E-state index contributed by atoms with van der Waals surface area (Å²) in [7, 11) is 0. The van der Waals surface area contributed by atoms with Gasteiger partial charge in [-0.3, -0.25) is 0 Å². The molecule has 0 aromatic heterocycles. The molecule has 1 heterocycles. The highest BCUT2D eigenvalue weighted by atomic mass is 19.3. The van der Waals surface area contributed by atoms with Crippen LogP contribution >= 0.6 is 0 Å². The number of hydrogen-bond acceptors (Lipinski definition) is 3. The van der Waals surface area contributed by atoms with Crippen molar-refractivity contribution in [3.8, 4) is 5.75 Å². The molecule has 1 N–H and O–H groups in total. The van der Waals surface area contributed by atoms with E-state index in [2.05, 4.69) is 15.0 Å². The molecular weight excluding hydrogens is 250 g/mol. The molecule has 0 radical (unpaired) electrons. The largest absolute Gasteiger partial charge is 0.434 e. The summed E-state index contributed by atoms with van der Waals surface area (Å²) < 4.78 is 29.0. The first-order valence-corrected chi connectivity index (χ1v) is 6.71. The van der Waals surface area contributed by atoms with Crippen molar-refractivity contribution in [2.45, 2.75) is 26.0 Å². The average Bonchev–Trinajstić information content (AvgIpc) is 2.89. The Morgan fingerprint density at radius 3 is 2.68 bits per heavy atom. The summed E-state index contributed by atoms with van der Waals surface area (Å²) in [5.41, 5.74) is 0.768. The molecule has 0 spiro atoms. The monoisotopic (exact) mass is 270 g/mol. The molecule has 2 rings (SSSR count). The number of benzene rings is 1. The fourth-order valence-corrected chi connectivity index (χ4v) is 2.33. The number of likely N-dealkylation sites (tertiary alicyclic amines) is 1. The van der Waals surface area contributed by atoms with Crippen LogP contribution in [-0.2, 0) is 6.54 Å². The smallest absolute Gasteiger partial charge is 0.387 e. The van der Waals surface area contributed by atoms with Gasteiger partial charge in [-0.05, 0) is 32.0 Å². The summed E-state index contributed by atoms with van der Waals surface area (Å²) in [5, 5.41) is 3.28. The minimum atomic E-state index is -2.77. The summed E-state index contributed by atoms with van der Waals surface area (Å²) >= 11 is 0. The Bertz CT molecular complexity index is 381. The molecule has 0 aliphatic carbocycles. The summed E-state index contributed by atoms with van der Waals surface area (Å²) in [6.07, 6.45) is 2.57. The van der Waals surface area contributed by atoms with Crippen LogP contribution in [0.25, 0.3) is 0 Å². The van der Waals surface area contributed by atoms with Gasteiger partial charge in [-0.1, -0.05) is 18.2 Å². The van der Waals surface area contributed by atoms with E-state index in [0.717, 1.165) is 18.7 Å². The molecule has 5 heteroatoms. The third-order valence-corrected chi connectivity index (χ3v) is 3.31. The van der Waals surface area contributed by atoms with Crippen LogP contribution in [-0.4, -0.2) is 37.7 Å². The summed E-state index contributed by atoms with van der Waals surface area (Å²) in [5.74, 6) is 0.256. The van der Waals surface area contributed by atoms with Gasteiger partial charge in [0.1, 0.15) is 5.75 Å². The molecule has 106 valence electrons. The molecule has 1 aliphatic rings. The number of ether oxygens (including phenoxy) is 1. The van der Waals surface area contributed by atoms with E-state index in [1.807, 2.05) is 6.07 Å². The maximum atomic E-state index is 12.2. The first-order valence-electron chi connectivity index (χ1n) is 6.71. The molecule has 1 aliphatic heterocycles. The molecule has 0 bridgehead atoms. The Labute approximate surface area is 112 Å². The maximum Gasteiger partial charge on any atom is 0.387 e. The van der Waals surface area contributed by atoms with E-state index in [-0.39, 0.29) is 5.75 Å². The minimum Gasteiger partial charge on any atom is -0.434 e. The molecule has 0 atom stereocenters. The van der Waals surface area contributed by atoms with E-state index >= 15 is 0 Å². The van der Waals surface area contributed by atoms with Gasteiger partial charge < -0.3 is 15.0 Å². The topological polar surface area (TPSA) is 24.5 Å². The average molecular weight is 270 g/mol. The number of para-hydroxylation sites is 1. The fourth-order valence-electron chi connectivity index (χ4n) is 2.33. The number of alkyl halides is 2. The third kappa shape index (κ3) is 4.76. The van der Waals surface area contributed by atoms with Crippen LogP contribution in [0.5, 0.6) is 5.75 Å². The van der Waals surface area contributed by atoms with Crippen molar-refractivity contribution in [2.75, 3.05) is 26.2 Å². The standard InChI is InChI=1S/C14H20F2N2O/c15-14(16)19-13-6-2-1-5-12(13)11-17-7-10-18-8-3-4-9-18/h1-2,5-6,14,17H,3-4,7-11H2. The first-order chi connectivity index (χ1) is 9.25. The molecular formula is C14H20F2N2O. The van der Waals surface area contributed by atoms with E-state index in [1.54, 1.807) is 18.2 Å². The van der Waals surface area contributed by atoms with Crippen molar-refractivity contribution in [3.63, 3.8) is 0 Å². The fraction of sp³-hybridized carbons (Fsp3) is 0.571. The van der Waals surface area contributed by atoms with Gasteiger partial charge in [-0.25, -0.2) is 0 Å². The predicted molar refractivity (Wildman–Crippen MR) is 70.5 cm³/mol. The van der Waals surface area contributed by atoms with Crippen molar-refractivity contribution >= 4 is 0 Å². The van der Waals surface area contributed by atoms with E-state index < -0.39 is 6.61 Å². The Morgan fingerprint density at radius 1 is 1.21 bits per heavy atom. The zero-order chi connectivity index (χ0) is 13.5. The van der Waals surface area contributed by atoms with Crippen LogP contribution in [0.4, 0.5) is 8.78 Å².